The molecule has 86 valence electrons. The molecule has 1 aliphatic rings. The maximum atomic E-state index is 11.9. The summed E-state index contributed by atoms with van der Waals surface area (Å²) in [5.41, 5.74) is -0.129. The average Bonchev–Trinajstić information content (AvgIpc) is 2.57. The summed E-state index contributed by atoms with van der Waals surface area (Å²) in [7, 11) is 0. The molecule has 1 aromatic rings. The van der Waals surface area contributed by atoms with Crippen molar-refractivity contribution in [2.45, 2.75) is 31.7 Å². The fourth-order valence-electron chi connectivity index (χ4n) is 1.80. The van der Waals surface area contributed by atoms with Crippen molar-refractivity contribution < 1.29 is 14.7 Å². The van der Waals surface area contributed by atoms with Crippen LogP contribution < -0.4 is 5.32 Å². The third-order valence-corrected chi connectivity index (χ3v) is 4.05. The van der Waals surface area contributed by atoms with E-state index in [1.807, 2.05) is 18.4 Å². The molecule has 0 radical (unpaired) electrons. The van der Waals surface area contributed by atoms with E-state index in [1.165, 1.54) is 11.3 Å². The summed E-state index contributed by atoms with van der Waals surface area (Å²) in [4.78, 5) is 23.6. The monoisotopic (exact) mass is 239 g/mol. The standard InChI is InChI=1S/C11H13NO3S/c1-7-3-6-16-8(7)9(13)12-11(10(14)15)4-2-5-11/h3,6H,2,4-5H2,1H3,(H,12,13)(H,14,15). The highest BCUT2D eigenvalue weighted by atomic mass is 32.1. The van der Waals surface area contributed by atoms with Crippen LogP contribution in [0, 0.1) is 6.92 Å². The van der Waals surface area contributed by atoms with E-state index in [0.29, 0.717) is 17.7 Å². The number of carbonyl (C=O) groups excluding carboxylic acids is 1. The number of thiophene rings is 1. The Morgan fingerprint density at radius 2 is 2.19 bits per heavy atom. The van der Waals surface area contributed by atoms with Crippen LogP contribution in [0.25, 0.3) is 0 Å². The molecule has 5 heteroatoms. The Balaban J connectivity index is 2.13. The van der Waals surface area contributed by atoms with Crippen molar-refractivity contribution in [3.8, 4) is 0 Å². The van der Waals surface area contributed by atoms with Gasteiger partial charge in [-0.3, -0.25) is 4.79 Å². The molecule has 2 N–H and O–H groups in total. The molecule has 4 nitrogen and oxygen atoms in total. The fourth-order valence-corrected chi connectivity index (χ4v) is 2.62. The van der Waals surface area contributed by atoms with Crippen LogP contribution in [0.5, 0.6) is 0 Å². The Kier molecular flexibility index (Phi) is 2.71. The van der Waals surface area contributed by atoms with Crippen molar-refractivity contribution in [2.75, 3.05) is 0 Å². The van der Waals surface area contributed by atoms with Gasteiger partial charge in [0.2, 0.25) is 0 Å². The SMILES string of the molecule is Cc1ccsc1C(=O)NC1(C(=O)O)CCC1. The molecule has 1 amide bonds. The molecule has 1 fully saturated rings. The van der Waals surface area contributed by atoms with E-state index in [-0.39, 0.29) is 5.91 Å². The molecule has 1 saturated carbocycles. The molecule has 1 heterocycles. The lowest BCUT2D eigenvalue weighted by molar-refractivity contribution is -0.148. The Labute approximate surface area is 97.3 Å². The first kappa shape index (κ1) is 11.1. The molecule has 1 aromatic heterocycles. The van der Waals surface area contributed by atoms with Crippen LogP contribution in [0.2, 0.25) is 0 Å². The van der Waals surface area contributed by atoms with E-state index in [9.17, 15) is 9.59 Å². The Morgan fingerprint density at radius 3 is 2.56 bits per heavy atom. The molecule has 0 unspecified atom stereocenters. The number of hydrogen-bond donors (Lipinski definition) is 2. The van der Waals surface area contributed by atoms with Crippen molar-refractivity contribution in [1.29, 1.82) is 0 Å². The van der Waals surface area contributed by atoms with Crippen molar-refractivity contribution in [3.05, 3.63) is 21.9 Å². The van der Waals surface area contributed by atoms with Crippen LogP contribution >= 0.6 is 11.3 Å². The second-order valence-electron chi connectivity index (χ2n) is 4.13. The Hall–Kier alpha value is -1.36. The van der Waals surface area contributed by atoms with E-state index >= 15 is 0 Å². The van der Waals surface area contributed by atoms with Gasteiger partial charge in [-0.1, -0.05) is 0 Å². The first-order valence-electron chi connectivity index (χ1n) is 5.15. The number of hydrogen-bond acceptors (Lipinski definition) is 3. The predicted octanol–water partition coefficient (Wildman–Crippen LogP) is 1.79. The predicted molar refractivity (Wildman–Crippen MR) is 60.7 cm³/mol. The van der Waals surface area contributed by atoms with E-state index < -0.39 is 11.5 Å². The van der Waals surface area contributed by atoms with Crippen LogP contribution in [-0.4, -0.2) is 22.5 Å². The molecule has 0 spiro atoms. The molecular formula is C11H13NO3S. The van der Waals surface area contributed by atoms with Crippen LogP contribution in [0.4, 0.5) is 0 Å². The van der Waals surface area contributed by atoms with E-state index in [2.05, 4.69) is 5.32 Å². The van der Waals surface area contributed by atoms with E-state index in [1.54, 1.807) is 0 Å². The summed E-state index contributed by atoms with van der Waals surface area (Å²) in [6, 6.07) is 1.85. The van der Waals surface area contributed by atoms with Gasteiger partial charge in [-0.25, -0.2) is 4.79 Å². The molecule has 0 bridgehead atoms. The number of nitrogens with one attached hydrogen (secondary N) is 1. The number of carboxylic acid groups (broad SMARTS) is 1. The van der Waals surface area contributed by atoms with Crippen LogP contribution in [-0.2, 0) is 4.79 Å². The molecule has 16 heavy (non-hydrogen) atoms. The fraction of sp³-hybridized carbons (Fsp3) is 0.455. The number of carboxylic acids is 1. The molecular weight excluding hydrogens is 226 g/mol. The molecule has 0 aromatic carbocycles. The highest BCUT2D eigenvalue weighted by Crippen LogP contribution is 2.32. The molecule has 0 aliphatic heterocycles. The van der Waals surface area contributed by atoms with Gasteiger partial charge in [0, 0.05) is 0 Å². The zero-order valence-electron chi connectivity index (χ0n) is 8.95. The van der Waals surface area contributed by atoms with Gasteiger partial charge in [-0.2, -0.15) is 0 Å². The minimum Gasteiger partial charge on any atom is -0.480 e. The van der Waals surface area contributed by atoms with Gasteiger partial charge in [0.15, 0.2) is 0 Å². The number of aliphatic carboxylic acids is 1. The maximum absolute atomic E-state index is 11.9. The van der Waals surface area contributed by atoms with Gasteiger partial charge in [-0.15, -0.1) is 11.3 Å². The lowest BCUT2D eigenvalue weighted by Crippen LogP contribution is -2.59. The molecule has 1 aliphatic carbocycles. The molecule has 2 rings (SSSR count). The highest BCUT2D eigenvalue weighted by molar-refractivity contribution is 7.12. The van der Waals surface area contributed by atoms with Crippen LogP contribution in [0.3, 0.4) is 0 Å². The van der Waals surface area contributed by atoms with Crippen molar-refractivity contribution in [3.63, 3.8) is 0 Å². The second kappa shape index (κ2) is 3.90. The van der Waals surface area contributed by atoms with Crippen molar-refractivity contribution in [2.24, 2.45) is 0 Å². The summed E-state index contributed by atoms with van der Waals surface area (Å²) in [6.07, 6.45) is 1.91. The van der Waals surface area contributed by atoms with Crippen LogP contribution in [0.15, 0.2) is 11.4 Å². The number of carbonyl (C=O) groups is 2. The van der Waals surface area contributed by atoms with Gasteiger partial charge >= 0.3 is 5.97 Å². The average molecular weight is 239 g/mol. The second-order valence-corrected chi connectivity index (χ2v) is 5.04. The highest BCUT2D eigenvalue weighted by Gasteiger charge is 2.45. The van der Waals surface area contributed by atoms with Crippen molar-refractivity contribution >= 4 is 23.2 Å². The third-order valence-electron chi connectivity index (χ3n) is 3.04. The summed E-state index contributed by atoms with van der Waals surface area (Å²) in [6.45, 7) is 1.85. The van der Waals surface area contributed by atoms with Crippen LogP contribution in [0.1, 0.15) is 34.5 Å². The topological polar surface area (TPSA) is 66.4 Å². The third kappa shape index (κ3) is 1.71. The zero-order valence-corrected chi connectivity index (χ0v) is 9.76. The molecule has 0 atom stereocenters. The molecule has 0 saturated heterocycles. The number of aryl methyl sites for hydroxylation is 1. The Morgan fingerprint density at radius 1 is 1.50 bits per heavy atom. The minimum atomic E-state index is -1.02. The lowest BCUT2D eigenvalue weighted by atomic mass is 9.76. The minimum absolute atomic E-state index is 0.269. The van der Waals surface area contributed by atoms with Gasteiger partial charge < -0.3 is 10.4 Å². The van der Waals surface area contributed by atoms with Crippen molar-refractivity contribution in [1.82, 2.24) is 5.32 Å². The number of amides is 1. The van der Waals surface area contributed by atoms with Gasteiger partial charge in [0.1, 0.15) is 5.54 Å². The quantitative estimate of drug-likeness (QED) is 0.845. The number of rotatable bonds is 3. The van der Waals surface area contributed by atoms with Gasteiger partial charge in [0.25, 0.3) is 5.91 Å². The summed E-state index contributed by atoms with van der Waals surface area (Å²) in [5, 5.41) is 13.6. The lowest BCUT2D eigenvalue weighted by Gasteiger charge is -2.38. The summed E-state index contributed by atoms with van der Waals surface area (Å²) < 4.78 is 0. The zero-order chi connectivity index (χ0) is 11.8. The van der Waals surface area contributed by atoms with Gasteiger partial charge in [0.05, 0.1) is 4.88 Å². The van der Waals surface area contributed by atoms with E-state index in [4.69, 9.17) is 5.11 Å². The summed E-state index contributed by atoms with van der Waals surface area (Å²) in [5.74, 6) is -1.20. The summed E-state index contributed by atoms with van der Waals surface area (Å²) >= 11 is 1.34. The normalized spacial score (nSPS) is 17.6. The van der Waals surface area contributed by atoms with Gasteiger partial charge in [-0.05, 0) is 43.2 Å². The largest absolute Gasteiger partial charge is 0.480 e. The first-order valence-corrected chi connectivity index (χ1v) is 6.03. The maximum Gasteiger partial charge on any atom is 0.329 e. The Bertz CT molecular complexity index is 434. The smallest absolute Gasteiger partial charge is 0.329 e. The first-order chi connectivity index (χ1) is 7.55. The van der Waals surface area contributed by atoms with E-state index in [0.717, 1.165) is 12.0 Å².